The fraction of sp³-hybridized carbons (Fsp3) is 0.414. The Morgan fingerprint density at radius 1 is 0.881 bits per heavy atom. The van der Waals surface area contributed by atoms with E-state index in [-0.39, 0.29) is 18.6 Å². The van der Waals surface area contributed by atoms with E-state index in [0.717, 1.165) is 11.1 Å². The highest BCUT2D eigenvalue weighted by molar-refractivity contribution is 7.98. The van der Waals surface area contributed by atoms with E-state index in [1.165, 1.54) is 37.7 Å². The molecule has 9 N–H and O–H groups in total. The molecule has 0 spiro atoms. The average Bonchev–Trinajstić information content (AvgIpc) is 2.94. The lowest BCUT2D eigenvalue weighted by Gasteiger charge is -2.29. The number of phenolic OH excluding ortho intramolecular Hbond substituents is 1. The van der Waals surface area contributed by atoms with Gasteiger partial charge in [0, 0.05) is 6.42 Å². The van der Waals surface area contributed by atoms with Gasteiger partial charge in [-0.2, -0.15) is 11.8 Å². The molecule has 5 amide bonds. The number of nitrogens with two attached hydrogens (primary N) is 2. The van der Waals surface area contributed by atoms with Gasteiger partial charge in [0.05, 0.1) is 12.6 Å². The maximum Gasteiger partial charge on any atom is 0.245 e. The summed E-state index contributed by atoms with van der Waals surface area (Å²) in [6.07, 6.45) is 2.53. The largest absolute Gasteiger partial charge is 0.508 e. The van der Waals surface area contributed by atoms with Crippen LogP contribution >= 0.6 is 11.8 Å². The van der Waals surface area contributed by atoms with E-state index in [4.69, 9.17) is 11.5 Å². The molecule has 2 rings (SSSR count). The maximum atomic E-state index is 13.2. The third-order valence-electron chi connectivity index (χ3n) is 6.35. The molecule has 228 valence electrons. The van der Waals surface area contributed by atoms with E-state index in [2.05, 4.69) is 21.3 Å². The molecule has 2 aromatic rings. The molecule has 3 atom stereocenters. The van der Waals surface area contributed by atoms with Crippen molar-refractivity contribution in [1.29, 1.82) is 0 Å². The second-order valence-electron chi connectivity index (χ2n) is 10.3. The molecule has 0 aliphatic rings. The minimum atomic E-state index is -1.47. The van der Waals surface area contributed by atoms with Crippen molar-refractivity contribution in [1.82, 2.24) is 21.3 Å². The molecule has 0 aromatic heterocycles. The molecule has 0 saturated heterocycles. The van der Waals surface area contributed by atoms with Gasteiger partial charge in [0.15, 0.2) is 0 Å². The van der Waals surface area contributed by atoms with E-state index in [1.54, 1.807) is 36.4 Å². The molecule has 0 radical (unpaired) electrons. The monoisotopic (exact) mass is 600 g/mol. The summed E-state index contributed by atoms with van der Waals surface area (Å²) < 4.78 is 0. The summed E-state index contributed by atoms with van der Waals surface area (Å²) in [6, 6.07) is 12.4. The van der Waals surface area contributed by atoms with Crippen LogP contribution in [0.5, 0.6) is 5.75 Å². The fourth-order valence-corrected chi connectivity index (χ4v) is 4.39. The van der Waals surface area contributed by atoms with E-state index < -0.39 is 59.7 Å². The van der Waals surface area contributed by atoms with Crippen molar-refractivity contribution in [2.45, 2.75) is 56.8 Å². The minimum absolute atomic E-state index is 0.0909. The van der Waals surface area contributed by atoms with E-state index in [0.29, 0.717) is 12.2 Å². The van der Waals surface area contributed by atoms with Gasteiger partial charge in [0.2, 0.25) is 29.5 Å². The SMILES string of the molecule is CSCC[C@H](NC(=O)[C@H](Cc1ccccc1)NC(=O)C(C)(C)NC(=O)CNC(=O)[C@@H](N)Cc1ccc(O)cc1)C(N)=O. The van der Waals surface area contributed by atoms with E-state index in [9.17, 15) is 29.1 Å². The van der Waals surface area contributed by atoms with Crippen LogP contribution in [0.1, 0.15) is 31.4 Å². The van der Waals surface area contributed by atoms with Crippen molar-refractivity contribution in [3.8, 4) is 5.75 Å². The van der Waals surface area contributed by atoms with Gasteiger partial charge in [0.25, 0.3) is 0 Å². The van der Waals surface area contributed by atoms with Gasteiger partial charge >= 0.3 is 0 Å². The summed E-state index contributed by atoms with van der Waals surface area (Å²) in [7, 11) is 0. The Balaban J connectivity index is 2.01. The number of amides is 5. The number of carbonyl (C=O) groups excluding carboxylic acids is 5. The molecule has 0 saturated carbocycles. The van der Waals surface area contributed by atoms with Gasteiger partial charge in [-0.25, -0.2) is 0 Å². The molecule has 0 fully saturated rings. The predicted molar refractivity (Wildman–Crippen MR) is 161 cm³/mol. The number of primary amides is 1. The van der Waals surface area contributed by atoms with Gasteiger partial charge in [-0.15, -0.1) is 0 Å². The van der Waals surface area contributed by atoms with Gasteiger partial charge < -0.3 is 37.8 Å². The van der Waals surface area contributed by atoms with Crippen LogP contribution in [0.3, 0.4) is 0 Å². The Labute approximate surface area is 249 Å². The summed E-state index contributed by atoms with van der Waals surface area (Å²) in [5.41, 5.74) is 11.4. The average molecular weight is 601 g/mol. The van der Waals surface area contributed by atoms with Gasteiger partial charge in [0.1, 0.15) is 23.4 Å². The lowest BCUT2D eigenvalue weighted by Crippen LogP contribution is -2.61. The van der Waals surface area contributed by atoms with Crippen LogP contribution in [0.15, 0.2) is 54.6 Å². The summed E-state index contributed by atoms with van der Waals surface area (Å²) in [4.78, 5) is 63.3. The number of phenols is 1. The zero-order valence-electron chi connectivity index (χ0n) is 24.0. The van der Waals surface area contributed by atoms with Crippen LogP contribution in [0.25, 0.3) is 0 Å². The van der Waals surface area contributed by atoms with Crippen molar-refractivity contribution in [2.24, 2.45) is 11.5 Å². The molecule has 42 heavy (non-hydrogen) atoms. The molecular weight excluding hydrogens is 560 g/mol. The third-order valence-corrected chi connectivity index (χ3v) is 6.99. The van der Waals surface area contributed by atoms with Gasteiger partial charge in [-0.1, -0.05) is 42.5 Å². The lowest BCUT2D eigenvalue weighted by molar-refractivity contribution is -0.135. The van der Waals surface area contributed by atoms with Crippen molar-refractivity contribution in [3.05, 3.63) is 65.7 Å². The van der Waals surface area contributed by atoms with Crippen molar-refractivity contribution in [3.63, 3.8) is 0 Å². The second-order valence-corrected chi connectivity index (χ2v) is 11.3. The Bertz CT molecular complexity index is 1220. The van der Waals surface area contributed by atoms with E-state index in [1.807, 2.05) is 12.3 Å². The van der Waals surface area contributed by atoms with Crippen LogP contribution in [0.2, 0.25) is 0 Å². The lowest BCUT2D eigenvalue weighted by atomic mass is 10.0. The predicted octanol–water partition coefficient (Wildman–Crippen LogP) is -0.276. The second kappa shape index (κ2) is 16.4. The van der Waals surface area contributed by atoms with Crippen LogP contribution < -0.4 is 32.7 Å². The number of hydrogen-bond donors (Lipinski definition) is 7. The Hall–Kier alpha value is -4.10. The summed E-state index contributed by atoms with van der Waals surface area (Å²) in [5.74, 6) is -2.44. The van der Waals surface area contributed by atoms with Crippen LogP contribution in [-0.2, 0) is 36.8 Å². The number of carbonyl (C=O) groups is 5. The molecule has 2 aromatic carbocycles. The number of thioether (sulfide) groups is 1. The first-order valence-corrected chi connectivity index (χ1v) is 14.8. The zero-order valence-corrected chi connectivity index (χ0v) is 24.8. The first-order valence-electron chi connectivity index (χ1n) is 13.4. The van der Waals surface area contributed by atoms with Crippen molar-refractivity contribution < 1.29 is 29.1 Å². The smallest absolute Gasteiger partial charge is 0.245 e. The number of hydrogen-bond acceptors (Lipinski definition) is 8. The van der Waals surface area contributed by atoms with E-state index >= 15 is 0 Å². The molecule has 0 unspecified atom stereocenters. The maximum absolute atomic E-state index is 13.2. The number of aromatic hydroxyl groups is 1. The van der Waals surface area contributed by atoms with Crippen molar-refractivity contribution in [2.75, 3.05) is 18.6 Å². The fourth-order valence-electron chi connectivity index (χ4n) is 3.92. The normalized spacial score (nSPS) is 13.2. The van der Waals surface area contributed by atoms with Crippen molar-refractivity contribution >= 4 is 41.3 Å². The first-order chi connectivity index (χ1) is 19.8. The van der Waals surface area contributed by atoms with Crippen LogP contribution in [-0.4, -0.2) is 76.9 Å². The quantitative estimate of drug-likeness (QED) is 0.136. The highest BCUT2D eigenvalue weighted by Crippen LogP contribution is 2.11. The first kappa shape index (κ1) is 34.1. The molecule has 0 aliphatic carbocycles. The standard InChI is InChI=1S/C29H40N6O6S/c1-29(2,35-24(37)17-32-26(39)21(30)15-19-9-11-20(36)12-10-19)28(41)34-23(16-18-7-5-4-6-8-18)27(40)33-22(25(31)38)13-14-42-3/h4-12,21-23,36H,13-17,30H2,1-3H3,(H2,31,38)(H,32,39)(H,33,40)(H,34,41)(H,35,37)/t21-,22-,23-/m0/s1. The number of benzene rings is 2. The Morgan fingerprint density at radius 3 is 2.10 bits per heavy atom. The number of nitrogens with one attached hydrogen (secondary N) is 4. The highest BCUT2D eigenvalue weighted by atomic mass is 32.2. The van der Waals surface area contributed by atoms with Gasteiger partial charge in [-0.3, -0.25) is 24.0 Å². The molecular formula is C29H40N6O6S. The molecule has 0 heterocycles. The summed E-state index contributed by atoms with van der Waals surface area (Å²) >= 11 is 1.50. The molecule has 0 bridgehead atoms. The third kappa shape index (κ3) is 11.4. The molecule has 13 heteroatoms. The Morgan fingerprint density at radius 2 is 1.50 bits per heavy atom. The zero-order chi connectivity index (χ0) is 31.3. The minimum Gasteiger partial charge on any atom is -0.508 e. The van der Waals surface area contributed by atoms with Crippen LogP contribution in [0, 0.1) is 0 Å². The van der Waals surface area contributed by atoms with Crippen LogP contribution in [0.4, 0.5) is 0 Å². The topological polar surface area (TPSA) is 206 Å². The number of rotatable bonds is 16. The molecule has 0 aliphatic heterocycles. The van der Waals surface area contributed by atoms with Gasteiger partial charge in [-0.05, 0) is 62.0 Å². The summed E-state index contributed by atoms with van der Waals surface area (Å²) in [5, 5.41) is 19.7. The Kier molecular flexibility index (Phi) is 13.3. The summed E-state index contributed by atoms with van der Waals surface area (Å²) in [6.45, 7) is 2.49. The highest BCUT2D eigenvalue weighted by Gasteiger charge is 2.34. The molecule has 12 nitrogen and oxygen atoms in total.